The third-order valence-electron chi connectivity index (χ3n) is 12.0. The Labute approximate surface area is 653 Å². The summed E-state index contributed by atoms with van der Waals surface area (Å²) in [6.45, 7) is 55.4. The first-order valence-corrected chi connectivity index (χ1v) is 42.4. The van der Waals surface area contributed by atoms with Gasteiger partial charge in [-0.15, -0.1) is 0 Å². The average Bonchev–Trinajstić information content (AvgIpc) is 3.25. The Hall–Kier alpha value is 11.8. The molecule has 0 saturated carbocycles. The molecule has 0 aromatic carbocycles. The summed E-state index contributed by atoms with van der Waals surface area (Å²) in [6, 6.07) is 0. The van der Waals surface area contributed by atoms with E-state index in [1.807, 2.05) is 0 Å². The van der Waals surface area contributed by atoms with Crippen molar-refractivity contribution in [2.75, 3.05) is 148 Å². The Balaban J connectivity index is -0.0000000143. The maximum absolute atomic E-state index is 2.31. The van der Waals surface area contributed by atoms with Crippen molar-refractivity contribution in [3.05, 3.63) is 0 Å². The molecule has 0 atom stereocenters. The van der Waals surface area contributed by atoms with Gasteiger partial charge in [0.15, 0.2) is 0 Å². The second-order valence-electron chi connectivity index (χ2n) is 14.5. The first-order chi connectivity index (χ1) is 26.8. The van der Waals surface area contributed by atoms with E-state index < -0.39 is 0 Å². The number of rotatable bonds is 24. The molecule has 0 aliphatic rings. The van der Waals surface area contributed by atoms with E-state index in [1.54, 1.807) is 0 Å². The Bertz CT molecular complexity index is 425. The predicted molar refractivity (Wildman–Crippen MR) is 364 cm³/mol. The van der Waals surface area contributed by atoms with Gasteiger partial charge in [0, 0.05) is 0 Å². The minimum Gasteiger partial charge on any atom is -2.00 e. The van der Waals surface area contributed by atoms with Crippen molar-refractivity contribution in [3.8, 4) is 0 Å². The summed E-state index contributed by atoms with van der Waals surface area (Å²) in [5, 5.41) is 0. The molecule has 0 unspecified atom stereocenters. The summed E-state index contributed by atoms with van der Waals surface area (Å²) in [7, 11) is 1.10. The van der Waals surface area contributed by atoms with Crippen molar-refractivity contribution >= 4 is 144 Å². The molecule has 0 saturated heterocycles. The van der Waals surface area contributed by atoms with Crippen LogP contribution in [0.2, 0.25) is 0 Å². The molecule has 520 valence electrons. The fraction of sp³-hybridized carbons (Fsp3) is 1.00. The maximum atomic E-state index is 2.31. The maximum Gasteiger partial charge on any atom is 1.00 e. The topological polar surface area (TPSA) is 0 Å². The fourth-order valence-electron chi connectivity index (χ4n) is 6.00. The summed E-state index contributed by atoms with van der Waals surface area (Å²) >= 11 is 0. The Morgan fingerprint density at radius 2 is 0.135 bits per heavy atom. The smallest absolute Gasteiger partial charge is 1.00 e. The Morgan fingerprint density at radius 3 is 0.135 bits per heavy atom. The molecule has 0 aromatic rings. The summed E-state index contributed by atoms with van der Waals surface area (Å²) in [6.07, 6.45) is 34.9. The zero-order chi connectivity index (χ0) is 45.6. The van der Waals surface area contributed by atoms with Gasteiger partial charge in [-0.05, 0) is 230 Å². The molecule has 0 nitrogen and oxygen atoms in total. The standard InChI is InChI=1S/8C6H15P.12Cu.6S/c8*1-4-7(5-2)6-3;;;;;;;;;;;;;;;;;;/h8*4-6H2,1-3H3;;;;;;;;;;;;;;;;;;/q;;;;;;;;12*+1;6*-2/p+8. The van der Waals surface area contributed by atoms with Crippen LogP contribution in [0.5, 0.6) is 0 Å². The van der Waals surface area contributed by atoms with E-state index in [1.165, 1.54) is 148 Å². The molecule has 26 heteroatoms. The minimum atomic E-state index is 0. The van der Waals surface area contributed by atoms with Crippen LogP contribution in [0.3, 0.4) is 0 Å². The van der Waals surface area contributed by atoms with Gasteiger partial charge >= 0.3 is 205 Å². The van der Waals surface area contributed by atoms with Crippen molar-refractivity contribution in [2.45, 2.75) is 166 Å². The monoisotopic (exact) mass is 1900 g/mol. The fourth-order valence-corrected chi connectivity index (χ4v) is 18.0. The molecule has 0 fully saturated rings. The quantitative estimate of drug-likeness (QED) is 0.0667. The van der Waals surface area contributed by atoms with Gasteiger partial charge in [0.05, 0.1) is 148 Å². The second-order valence-corrected chi connectivity index (χ2v) is 43.5. The van der Waals surface area contributed by atoms with Gasteiger partial charge in [-0.3, -0.25) is 0 Å². The Morgan fingerprint density at radius 1 is 0.108 bits per heavy atom. The van der Waals surface area contributed by atoms with Crippen molar-refractivity contribution in [1.82, 2.24) is 0 Å². The van der Waals surface area contributed by atoms with Gasteiger partial charge in [0.2, 0.25) is 0 Å². The molecule has 0 amide bonds. The summed E-state index contributed by atoms with van der Waals surface area (Å²) in [5.74, 6) is 0. The van der Waals surface area contributed by atoms with Crippen LogP contribution >= 0.6 is 63.4 Å². The molecule has 0 rings (SSSR count). The molecular formula is C48H128Cu12P8S6+8. The third kappa shape index (κ3) is 161. The molecule has 0 radical (unpaired) electrons. The molecule has 0 bridgehead atoms. The first-order valence-electron chi connectivity index (χ1n) is 25.5. The van der Waals surface area contributed by atoms with Crippen molar-refractivity contribution in [3.63, 3.8) is 0 Å². The summed E-state index contributed by atoms with van der Waals surface area (Å²) in [5.41, 5.74) is 0. The molecule has 74 heavy (non-hydrogen) atoms. The van der Waals surface area contributed by atoms with Crippen LogP contribution in [-0.4, -0.2) is 148 Å². The third-order valence-corrected chi connectivity index (χ3v) is 36.0. The number of hydrogen-bond donors (Lipinski definition) is 0. The van der Waals surface area contributed by atoms with Crippen LogP contribution in [-0.2, 0) is 286 Å². The van der Waals surface area contributed by atoms with E-state index >= 15 is 0 Å². The van der Waals surface area contributed by atoms with Crippen molar-refractivity contribution in [1.29, 1.82) is 0 Å². The molecule has 0 aliphatic heterocycles. The van der Waals surface area contributed by atoms with Gasteiger partial charge < -0.3 is 81.0 Å². The largest absolute Gasteiger partial charge is 2.00 e. The molecular weight excluding hydrogens is 1780 g/mol. The van der Waals surface area contributed by atoms with Gasteiger partial charge in [-0.2, -0.15) is 0 Å². The summed E-state index contributed by atoms with van der Waals surface area (Å²) < 4.78 is 0. The van der Waals surface area contributed by atoms with E-state index in [2.05, 4.69) is 166 Å². The molecule has 0 aliphatic carbocycles. The SMILES string of the molecule is CC[PH+](CC)CC.CC[PH+](CC)CC.CC[PH+](CC)CC.CC[PH+](CC)CC.CC[PH+](CC)CC.CC[PH+](CC)CC.CC[PH+](CC)CC.CC[PH+](CC)CC.[Cu+].[Cu+].[Cu+].[Cu+].[Cu+].[Cu+].[Cu+].[Cu+].[Cu+].[Cu+].[Cu+].[Cu+].[S-2].[S-2].[S-2].[S-2].[S-2].[S-2]. The second kappa shape index (κ2) is 167. The van der Waals surface area contributed by atoms with Gasteiger partial charge in [-0.25, -0.2) is 0 Å². The van der Waals surface area contributed by atoms with Gasteiger partial charge in [0.25, 0.3) is 0 Å². The Kier molecular flexibility index (Phi) is 388. The molecule has 0 N–H and O–H groups in total. The van der Waals surface area contributed by atoms with Gasteiger partial charge in [-0.1, -0.05) is 0 Å². The predicted octanol–water partition coefficient (Wildman–Crippen LogP) is 18.0. The molecule has 0 aromatic heterocycles. The average molecular weight is 1910 g/mol. The number of hydrogen-bond acceptors (Lipinski definition) is 0. The van der Waals surface area contributed by atoms with E-state index in [0.717, 1.165) is 0 Å². The molecule has 0 heterocycles. The van der Waals surface area contributed by atoms with E-state index in [9.17, 15) is 0 Å². The van der Waals surface area contributed by atoms with Gasteiger partial charge in [0.1, 0.15) is 0 Å². The normalized spacial score (nSPS) is 7.78. The van der Waals surface area contributed by atoms with E-state index in [0.29, 0.717) is 0 Å². The zero-order valence-corrected chi connectivity index (χ0v) is 75.2. The van der Waals surface area contributed by atoms with Crippen LogP contribution in [0.15, 0.2) is 0 Å². The minimum absolute atomic E-state index is 0. The molecule has 0 spiro atoms. The van der Waals surface area contributed by atoms with Crippen molar-refractivity contribution in [2.24, 2.45) is 0 Å². The van der Waals surface area contributed by atoms with E-state index in [-0.39, 0.29) is 349 Å². The van der Waals surface area contributed by atoms with Crippen LogP contribution in [0.4, 0.5) is 0 Å². The summed E-state index contributed by atoms with van der Waals surface area (Å²) in [4.78, 5) is 0. The van der Waals surface area contributed by atoms with Crippen LogP contribution in [0.25, 0.3) is 0 Å². The van der Waals surface area contributed by atoms with Crippen LogP contribution < -0.4 is 0 Å². The first kappa shape index (κ1) is 173. The van der Waals surface area contributed by atoms with Crippen LogP contribution in [0.1, 0.15) is 166 Å². The van der Waals surface area contributed by atoms with Crippen LogP contribution in [0, 0.1) is 0 Å². The zero-order valence-electron chi connectivity index (χ0n) is 51.0. The van der Waals surface area contributed by atoms with E-state index in [4.69, 9.17) is 0 Å². The van der Waals surface area contributed by atoms with Crippen molar-refractivity contribution < 1.29 is 205 Å².